The van der Waals surface area contributed by atoms with Crippen molar-refractivity contribution in [2.75, 3.05) is 6.54 Å². The van der Waals surface area contributed by atoms with Crippen molar-refractivity contribution >= 4 is 50.9 Å². The van der Waals surface area contributed by atoms with Crippen LogP contribution in [0.3, 0.4) is 0 Å². The number of carbonyl (C=O) groups is 1. The first-order valence-electron chi connectivity index (χ1n) is 19.0. The lowest BCUT2D eigenvalue weighted by Crippen LogP contribution is -2.45. The van der Waals surface area contributed by atoms with E-state index in [-0.39, 0.29) is 52.9 Å². The summed E-state index contributed by atoms with van der Waals surface area (Å²) < 4.78 is 23.2. The van der Waals surface area contributed by atoms with Crippen molar-refractivity contribution in [1.29, 1.82) is 5.26 Å². The molecule has 4 unspecified atom stereocenters. The van der Waals surface area contributed by atoms with E-state index < -0.39 is 5.82 Å². The van der Waals surface area contributed by atoms with E-state index in [1.807, 2.05) is 31.2 Å². The number of aryl methyl sites for hydroxylation is 2. The molecule has 3 aromatic carbocycles. The highest BCUT2D eigenvalue weighted by atomic mass is 35.5. The highest BCUT2D eigenvalue weighted by Crippen LogP contribution is 2.54. The summed E-state index contributed by atoms with van der Waals surface area (Å²) in [4.78, 5) is 24.3. The number of piperidine rings is 1. The van der Waals surface area contributed by atoms with Crippen molar-refractivity contribution in [1.82, 2.24) is 20.2 Å². The number of nitrogens with zero attached hydrogens (tertiary/aromatic N) is 3. The number of amides is 1. The second-order valence-corrected chi connectivity index (χ2v) is 16.4. The highest BCUT2D eigenvalue weighted by molar-refractivity contribution is 6.43. The minimum absolute atomic E-state index is 0.0240. The standard InChI is InChI=1S/C38H33Cl2FN4O2.C5H9N/c1-20-26-18-30(37-27-16-24(45(37)38(46)22-12-13-22)17-31(27)47-19-21-7-3-2-4-8-21)44-35(26)28-15-23(9-6-14-42)32(34(41)36(28)43-20)25-10-5-11-29(39)33(25)40;1-4-2-5(1)6-3-4/h2-5,7-8,10-11,15,18,22,24,27,31,37,44H,6,9,12-13,16-17,19H2,1H3;4-6H,1-3H2. The molecule has 11 rings (SSSR count). The van der Waals surface area contributed by atoms with Gasteiger partial charge in [-0.3, -0.25) is 4.79 Å². The topological polar surface area (TPSA) is 94.0 Å². The predicted molar refractivity (Wildman–Crippen MR) is 206 cm³/mol. The minimum atomic E-state index is -0.499. The van der Waals surface area contributed by atoms with E-state index >= 15 is 4.39 Å². The lowest BCUT2D eigenvalue weighted by Gasteiger charge is -2.39. The van der Waals surface area contributed by atoms with Crippen LogP contribution in [0.4, 0.5) is 4.39 Å². The van der Waals surface area contributed by atoms with Crippen LogP contribution >= 0.6 is 23.2 Å². The third kappa shape index (κ3) is 6.30. The van der Waals surface area contributed by atoms with Gasteiger partial charge in [0.2, 0.25) is 5.91 Å². The number of ether oxygens (including phenoxy) is 1. The molecule has 3 aliphatic carbocycles. The molecule has 4 bridgehead atoms. The fourth-order valence-corrected chi connectivity index (χ4v) is 9.73. The Morgan fingerprint density at radius 2 is 1.87 bits per heavy atom. The van der Waals surface area contributed by atoms with Gasteiger partial charge in [0.25, 0.3) is 0 Å². The first-order valence-corrected chi connectivity index (χ1v) is 19.7. The van der Waals surface area contributed by atoms with Crippen molar-refractivity contribution in [2.45, 2.75) is 89.1 Å². The second kappa shape index (κ2) is 14.0. The van der Waals surface area contributed by atoms with Crippen LogP contribution in [-0.2, 0) is 22.6 Å². The van der Waals surface area contributed by atoms with Crippen molar-refractivity contribution in [2.24, 2.45) is 17.8 Å². The minimum Gasteiger partial charge on any atom is -0.373 e. The van der Waals surface area contributed by atoms with Crippen molar-refractivity contribution < 1.29 is 13.9 Å². The van der Waals surface area contributed by atoms with Crippen LogP contribution in [0.25, 0.3) is 32.9 Å². The van der Waals surface area contributed by atoms with E-state index in [9.17, 15) is 10.1 Å². The summed E-state index contributed by atoms with van der Waals surface area (Å²) >= 11 is 12.9. The number of halogens is 3. The maximum Gasteiger partial charge on any atom is 0.226 e. The number of fused-ring (bicyclic) bond motifs is 6. The number of likely N-dealkylation sites (tertiary alicyclic amines) is 1. The molecular formula is C43H42Cl2FN5O2. The van der Waals surface area contributed by atoms with Crippen LogP contribution in [0.1, 0.15) is 73.5 Å². The van der Waals surface area contributed by atoms with Gasteiger partial charge in [-0.25, -0.2) is 9.37 Å². The number of hydrogen-bond donors (Lipinski definition) is 2. The van der Waals surface area contributed by atoms with E-state index in [2.05, 4.69) is 39.5 Å². The van der Waals surface area contributed by atoms with Gasteiger partial charge in [-0.05, 0) is 93.7 Å². The van der Waals surface area contributed by atoms with Crippen LogP contribution in [0.2, 0.25) is 10.0 Å². The van der Waals surface area contributed by atoms with Gasteiger partial charge < -0.3 is 19.9 Å². The Kier molecular flexibility index (Phi) is 9.18. The normalized spacial score (nSPS) is 25.4. The lowest BCUT2D eigenvalue weighted by atomic mass is 9.87. The molecule has 1 amide bonds. The van der Waals surface area contributed by atoms with Gasteiger partial charge in [0.1, 0.15) is 5.52 Å². The first-order chi connectivity index (χ1) is 25.8. The third-order valence-corrected chi connectivity index (χ3v) is 13.0. The van der Waals surface area contributed by atoms with Gasteiger partial charge in [-0.15, -0.1) is 0 Å². The van der Waals surface area contributed by atoms with Gasteiger partial charge in [-0.2, -0.15) is 5.26 Å². The summed E-state index contributed by atoms with van der Waals surface area (Å²) in [6.45, 7) is 3.72. The largest absolute Gasteiger partial charge is 0.373 e. The molecule has 0 spiro atoms. The van der Waals surface area contributed by atoms with Crippen LogP contribution in [-0.4, -0.2) is 45.5 Å². The van der Waals surface area contributed by atoms with Crippen molar-refractivity contribution in [3.63, 3.8) is 0 Å². The molecule has 6 aliphatic rings. The fourth-order valence-electron chi connectivity index (χ4n) is 9.34. The molecule has 4 atom stereocenters. The predicted octanol–water partition coefficient (Wildman–Crippen LogP) is 9.62. The maximum absolute atomic E-state index is 16.7. The zero-order valence-corrected chi connectivity index (χ0v) is 31.2. The number of aromatic nitrogens is 2. The molecule has 2 aromatic heterocycles. The monoisotopic (exact) mass is 749 g/mol. The number of H-pyrrole nitrogens is 1. The molecular weight excluding hydrogens is 708 g/mol. The molecule has 272 valence electrons. The zero-order valence-electron chi connectivity index (χ0n) is 29.7. The van der Waals surface area contributed by atoms with E-state index in [1.54, 1.807) is 18.2 Å². The molecule has 5 aromatic rings. The molecule has 3 saturated carbocycles. The summed E-state index contributed by atoms with van der Waals surface area (Å²) in [6, 6.07) is 22.4. The van der Waals surface area contributed by atoms with Crippen molar-refractivity contribution in [3.8, 4) is 17.2 Å². The Hall–Kier alpha value is -4.00. The lowest BCUT2D eigenvalue weighted by molar-refractivity contribution is -0.140. The quantitative estimate of drug-likeness (QED) is 0.165. The van der Waals surface area contributed by atoms with Gasteiger partial charge in [-0.1, -0.05) is 65.7 Å². The van der Waals surface area contributed by atoms with Crippen LogP contribution in [0.5, 0.6) is 0 Å². The Labute approximate surface area is 318 Å². The Balaban J connectivity index is 0.000000558. The average Bonchev–Trinajstić information content (AvgIpc) is 3.61. The number of hydrogen-bond acceptors (Lipinski definition) is 5. The third-order valence-electron chi connectivity index (χ3n) is 12.2. The second-order valence-electron chi connectivity index (χ2n) is 15.6. The first kappa shape index (κ1) is 34.7. The Morgan fingerprint density at radius 1 is 1.06 bits per heavy atom. The van der Waals surface area contributed by atoms with Gasteiger partial charge in [0, 0.05) is 63.6 Å². The van der Waals surface area contributed by atoms with Crippen LogP contribution in [0.15, 0.2) is 60.7 Å². The number of pyridine rings is 1. The highest BCUT2D eigenvalue weighted by Gasteiger charge is 2.56. The molecule has 0 radical (unpaired) electrons. The molecule has 53 heavy (non-hydrogen) atoms. The molecule has 6 fully saturated rings. The molecule has 10 heteroatoms. The number of aromatic amines is 1. The molecule has 7 nitrogen and oxygen atoms in total. The van der Waals surface area contributed by atoms with Crippen LogP contribution in [0, 0.1) is 41.8 Å². The summed E-state index contributed by atoms with van der Waals surface area (Å²) in [6.07, 6.45) is 7.12. The van der Waals surface area contributed by atoms with E-state index in [0.717, 1.165) is 59.8 Å². The van der Waals surface area contributed by atoms with Gasteiger partial charge in [0.15, 0.2) is 5.82 Å². The summed E-state index contributed by atoms with van der Waals surface area (Å²) in [5.41, 5.74) is 5.16. The average molecular weight is 751 g/mol. The SMILES string of the molecule is C1NC2CC1C2.Cc1nc2c(F)c(-c3cccc(Cl)c3Cl)c(CCC#N)cc2c2[nH]c(C3C4CC(CC4OCc4ccccc4)N3C(=O)C3CC3)cc12. The molecule has 5 heterocycles. The Morgan fingerprint density at radius 3 is 2.57 bits per heavy atom. The van der Waals surface area contributed by atoms with Crippen LogP contribution < -0.4 is 5.32 Å². The van der Waals surface area contributed by atoms with Gasteiger partial charge >= 0.3 is 0 Å². The van der Waals surface area contributed by atoms with E-state index in [4.69, 9.17) is 32.9 Å². The number of nitrogens with one attached hydrogen (secondary N) is 2. The summed E-state index contributed by atoms with van der Waals surface area (Å²) in [5.74, 6) is 1.05. The molecule has 3 saturated heterocycles. The van der Waals surface area contributed by atoms with Gasteiger partial charge in [0.05, 0.1) is 40.4 Å². The number of benzene rings is 3. The smallest absolute Gasteiger partial charge is 0.226 e. The Bertz CT molecular complexity index is 2250. The molecule has 2 N–H and O–H groups in total. The van der Waals surface area contributed by atoms with Crippen molar-refractivity contribution in [3.05, 3.63) is 99.0 Å². The molecule has 3 aliphatic heterocycles. The fraction of sp³-hybridized carbons (Fsp3) is 0.419. The number of rotatable bonds is 8. The zero-order chi connectivity index (χ0) is 36.4. The van der Waals surface area contributed by atoms with E-state index in [1.165, 1.54) is 19.4 Å². The summed E-state index contributed by atoms with van der Waals surface area (Å²) in [5, 5.41) is 14.9. The van der Waals surface area contributed by atoms with E-state index in [0.29, 0.717) is 45.8 Å². The number of nitriles is 1. The summed E-state index contributed by atoms with van der Waals surface area (Å²) in [7, 11) is 0. The maximum atomic E-state index is 16.7. The number of carbonyl (C=O) groups excluding carboxylic acids is 1.